The van der Waals surface area contributed by atoms with Crippen LogP contribution in [0, 0.1) is 0 Å². The van der Waals surface area contributed by atoms with Crippen molar-refractivity contribution >= 4 is 28.1 Å². The number of benzene rings is 1. The molecule has 0 atom stereocenters. The number of hydrogen-bond donors (Lipinski definition) is 2. The highest BCUT2D eigenvalue weighted by atomic mass is 79.9. The third-order valence-corrected chi connectivity index (χ3v) is 2.18. The second-order valence-electron chi connectivity index (χ2n) is 2.66. The zero-order valence-corrected chi connectivity index (χ0v) is 9.73. The first-order valence-corrected chi connectivity index (χ1v) is 4.88. The van der Waals surface area contributed by atoms with Crippen LogP contribution in [0.5, 0.6) is 5.75 Å². The smallest absolute Gasteiger partial charge is 0.211 e. The van der Waals surface area contributed by atoms with Crippen LogP contribution < -0.4 is 16.2 Å². The van der Waals surface area contributed by atoms with E-state index in [0.717, 1.165) is 15.8 Å². The molecule has 0 aliphatic rings. The van der Waals surface area contributed by atoms with E-state index in [-0.39, 0.29) is 5.96 Å². The number of guanidine groups is 1. The van der Waals surface area contributed by atoms with Crippen LogP contribution in [-0.4, -0.2) is 19.3 Å². The summed E-state index contributed by atoms with van der Waals surface area (Å²) in [4.78, 5) is 0. The van der Waals surface area contributed by atoms with Crippen LogP contribution >= 0.6 is 15.9 Å². The van der Waals surface area contributed by atoms with Gasteiger partial charge in [-0.15, -0.1) is 5.10 Å². The summed E-state index contributed by atoms with van der Waals surface area (Å²) < 4.78 is 5.93. The van der Waals surface area contributed by atoms with E-state index in [1.807, 2.05) is 18.2 Å². The van der Waals surface area contributed by atoms with Gasteiger partial charge >= 0.3 is 0 Å². The molecule has 0 fully saturated rings. The van der Waals surface area contributed by atoms with E-state index in [2.05, 4.69) is 26.1 Å². The topological polar surface area (TPSA) is 86.0 Å². The second kappa shape index (κ2) is 5.35. The maximum absolute atomic E-state index is 5.12. The van der Waals surface area contributed by atoms with Gasteiger partial charge in [0.05, 0.1) is 17.8 Å². The molecule has 15 heavy (non-hydrogen) atoms. The van der Waals surface area contributed by atoms with Crippen LogP contribution in [0.15, 0.2) is 32.9 Å². The Morgan fingerprint density at radius 3 is 2.73 bits per heavy atom. The standard InChI is InChI=1S/C9H11BrN4O/c1-15-8-3-2-6(4-7(8)10)5-13-14-9(11)12/h2-5H,1H3,(H4,11,12,14)/b13-5-. The predicted octanol–water partition coefficient (Wildman–Crippen LogP) is 1.06. The van der Waals surface area contributed by atoms with Gasteiger partial charge in [0.15, 0.2) is 0 Å². The molecular weight excluding hydrogens is 260 g/mol. The molecule has 0 radical (unpaired) electrons. The van der Waals surface area contributed by atoms with E-state index in [4.69, 9.17) is 16.2 Å². The monoisotopic (exact) mass is 270 g/mol. The third kappa shape index (κ3) is 3.59. The lowest BCUT2D eigenvalue weighted by Crippen LogP contribution is -2.21. The molecule has 1 rings (SSSR count). The van der Waals surface area contributed by atoms with E-state index in [0.29, 0.717) is 0 Å². The Labute approximate surface area is 95.9 Å². The Morgan fingerprint density at radius 2 is 2.20 bits per heavy atom. The molecular formula is C9H11BrN4O. The van der Waals surface area contributed by atoms with Gasteiger partial charge in [-0.25, -0.2) is 0 Å². The Kier molecular flexibility index (Phi) is 4.11. The molecule has 4 N–H and O–H groups in total. The Bertz CT molecular complexity index is 399. The van der Waals surface area contributed by atoms with Crippen molar-refractivity contribution in [1.82, 2.24) is 0 Å². The lowest BCUT2D eigenvalue weighted by Gasteiger charge is -2.02. The average Bonchev–Trinajstić information content (AvgIpc) is 2.17. The number of rotatable bonds is 3. The number of hydrogen-bond acceptors (Lipinski definition) is 3. The van der Waals surface area contributed by atoms with Crippen LogP contribution in [-0.2, 0) is 0 Å². The molecule has 0 unspecified atom stereocenters. The number of ether oxygens (including phenoxy) is 1. The van der Waals surface area contributed by atoms with E-state index in [1.165, 1.54) is 0 Å². The van der Waals surface area contributed by atoms with Crippen molar-refractivity contribution in [3.63, 3.8) is 0 Å². The van der Waals surface area contributed by atoms with Crippen molar-refractivity contribution < 1.29 is 4.74 Å². The minimum atomic E-state index is -0.0705. The van der Waals surface area contributed by atoms with Gasteiger partial charge in [-0.2, -0.15) is 5.10 Å². The van der Waals surface area contributed by atoms with Gasteiger partial charge in [0.1, 0.15) is 5.75 Å². The second-order valence-corrected chi connectivity index (χ2v) is 3.52. The van der Waals surface area contributed by atoms with Crippen LogP contribution in [0.4, 0.5) is 0 Å². The first kappa shape index (κ1) is 11.5. The Morgan fingerprint density at radius 1 is 1.47 bits per heavy atom. The van der Waals surface area contributed by atoms with E-state index >= 15 is 0 Å². The van der Waals surface area contributed by atoms with Gasteiger partial charge in [0.25, 0.3) is 0 Å². The van der Waals surface area contributed by atoms with Crippen molar-refractivity contribution in [3.8, 4) is 5.75 Å². The van der Waals surface area contributed by atoms with Crippen molar-refractivity contribution in [1.29, 1.82) is 0 Å². The van der Waals surface area contributed by atoms with Gasteiger partial charge in [0, 0.05) is 0 Å². The SMILES string of the molecule is COc1ccc(/C=N\N=C(N)N)cc1Br. The summed E-state index contributed by atoms with van der Waals surface area (Å²) in [6.07, 6.45) is 1.55. The number of methoxy groups -OCH3 is 1. The van der Waals surface area contributed by atoms with Crippen molar-refractivity contribution in [2.45, 2.75) is 0 Å². The first-order valence-electron chi connectivity index (χ1n) is 4.09. The minimum Gasteiger partial charge on any atom is -0.496 e. The maximum Gasteiger partial charge on any atom is 0.211 e. The molecule has 1 aromatic carbocycles. The van der Waals surface area contributed by atoms with Crippen LogP contribution in [0.2, 0.25) is 0 Å². The summed E-state index contributed by atoms with van der Waals surface area (Å²) >= 11 is 3.36. The molecule has 1 aromatic rings. The fraction of sp³-hybridized carbons (Fsp3) is 0.111. The zero-order valence-electron chi connectivity index (χ0n) is 8.14. The van der Waals surface area contributed by atoms with Gasteiger partial charge in [-0.3, -0.25) is 0 Å². The number of nitrogens with zero attached hydrogens (tertiary/aromatic N) is 2. The molecule has 5 nitrogen and oxygen atoms in total. The fourth-order valence-electron chi connectivity index (χ4n) is 0.925. The van der Waals surface area contributed by atoms with Gasteiger partial charge in [0.2, 0.25) is 5.96 Å². The van der Waals surface area contributed by atoms with Crippen molar-refractivity contribution in [3.05, 3.63) is 28.2 Å². The number of halogens is 1. The van der Waals surface area contributed by atoms with Crippen molar-refractivity contribution in [2.24, 2.45) is 21.7 Å². The van der Waals surface area contributed by atoms with Crippen LogP contribution in [0.25, 0.3) is 0 Å². The summed E-state index contributed by atoms with van der Waals surface area (Å²) in [5.74, 6) is 0.688. The quantitative estimate of drug-likeness (QED) is 0.489. The fourth-order valence-corrected chi connectivity index (χ4v) is 1.48. The summed E-state index contributed by atoms with van der Waals surface area (Å²) in [5, 5.41) is 7.18. The van der Waals surface area contributed by atoms with Crippen LogP contribution in [0.1, 0.15) is 5.56 Å². The van der Waals surface area contributed by atoms with Crippen LogP contribution in [0.3, 0.4) is 0 Å². The van der Waals surface area contributed by atoms with E-state index < -0.39 is 0 Å². The summed E-state index contributed by atoms with van der Waals surface area (Å²) in [5.41, 5.74) is 11.1. The molecule has 80 valence electrons. The normalized spacial score (nSPS) is 10.3. The highest BCUT2D eigenvalue weighted by Crippen LogP contribution is 2.24. The van der Waals surface area contributed by atoms with E-state index in [9.17, 15) is 0 Å². The molecule has 0 bridgehead atoms. The highest BCUT2D eigenvalue weighted by molar-refractivity contribution is 9.10. The lowest BCUT2D eigenvalue weighted by atomic mass is 10.2. The zero-order chi connectivity index (χ0) is 11.3. The molecule has 0 aliphatic heterocycles. The number of nitrogens with two attached hydrogens (primary N) is 2. The lowest BCUT2D eigenvalue weighted by molar-refractivity contribution is 0.412. The average molecular weight is 271 g/mol. The minimum absolute atomic E-state index is 0.0705. The molecule has 0 amide bonds. The Balaban J connectivity index is 2.84. The van der Waals surface area contributed by atoms with Gasteiger partial charge in [-0.05, 0) is 39.7 Å². The highest BCUT2D eigenvalue weighted by Gasteiger charge is 1.98. The largest absolute Gasteiger partial charge is 0.496 e. The molecule has 0 saturated carbocycles. The molecule has 0 saturated heterocycles. The van der Waals surface area contributed by atoms with Gasteiger partial charge < -0.3 is 16.2 Å². The molecule has 0 heterocycles. The summed E-state index contributed by atoms with van der Waals surface area (Å²) in [6.45, 7) is 0. The predicted molar refractivity (Wildman–Crippen MR) is 64.1 cm³/mol. The molecule has 0 aliphatic carbocycles. The van der Waals surface area contributed by atoms with E-state index in [1.54, 1.807) is 13.3 Å². The molecule has 0 aromatic heterocycles. The third-order valence-electron chi connectivity index (χ3n) is 1.56. The summed E-state index contributed by atoms with van der Waals surface area (Å²) in [6, 6.07) is 5.51. The van der Waals surface area contributed by atoms with Gasteiger partial charge in [-0.1, -0.05) is 0 Å². The summed E-state index contributed by atoms with van der Waals surface area (Å²) in [7, 11) is 1.60. The Hall–Kier alpha value is -1.56. The van der Waals surface area contributed by atoms with Crippen molar-refractivity contribution in [2.75, 3.05) is 7.11 Å². The molecule has 0 spiro atoms. The maximum atomic E-state index is 5.12. The molecule has 6 heteroatoms. The first-order chi connectivity index (χ1) is 7.13.